The fraction of sp³-hybridized carbons (Fsp3) is 0.385. The van der Waals surface area contributed by atoms with Crippen LogP contribution in [0.2, 0.25) is 0 Å². The molecule has 1 fully saturated rings. The quantitative estimate of drug-likeness (QED) is 0.905. The van der Waals surface area contributed by atoms with Crippen LogP contribution in [-0.2, 0) is 11.3 Å². The highest BCUT2D eigenvalue weighted by molar-refractivity contribution is 5.70. The van der Waals surface area contributed by atoms with Gasteiger partial charge in [0.15, 0.2) is 5.76 Å². The van der Waals surface area contributed by atoms with Crippen molar-refractivity contribution in [2.24, 2.45) is 5.92 Å². The summed E-state index contributed by atoms with van der Waals surface area (Å²) in [6.07, 6.45) is 2.27. The van der Waals surface area contributed by atoms with Crippen molar-refractivity contribution in [1.29, 1.82) is 0 Å². The number of likely N-dealkylation sites (tertiary alicyclic amines) is 1. The summed E-state index contributed by atoms with van der Waals surface area (Å²) >= 11 is 0. The van der Waals surface area contributed by atoms with Crippen molar-refractivity contribution < 1.29 is 18.8 Å². The molecule has 1 N–H and O–H groups in total. The molecule has 19 heavy (non-hydrogen) atoms. The molecule has 6 nitrogen and oxygen atoms in total. The van der Waals surface area contributed by atoms with Crippen LogP contribution in [0.3, 0.4) is 0 Å². The van der Waals surface area contributed by atoms with Crippen LogP contribution in [0, 0.1) is 5.92 Å². The van der Waals surface area contributed by atoms with E-state index in [9.17, 15) is 4.79 Å². The van der Waals surface area contributed by atoms with Gasteiger partial charge in [-0.15, -0.1) is 0 Å². The minimum absolute atomic E-state index is 0.267. The number of nitrogens with zero attached hydrogens (tertiary/aromatic N) is 2. The lowest BCUT2D eigenvalue weighted by atomic mass is 10.1. The standard InChI is InChI=1S/C13H14N2O4/c16-13(17)9-3-4-15(7-9)8-10-6-12(19-14-10)11-2-1-5-18-11/h1-2,5-6,9H,3-4,7-8H2,(H,16,17). The Balaban J connectivity index is 1.64. The van der Waals surface area contributed by atoms with E-state index in [-0.39, 0.29) is 5.92 Å². The number of carboxylic acids is 1. The van der Waals surface area contributed by atoms with Crippen molar-refractivity contribution in [1.82, 2.24) is 10.1 Å². The number of carboxylic acid groups (broad SMARTS) is 1. The number of carbonyl (C=O) groups is 1. The van der Waals surface area contributed by atoms with E-state index in [1.165, 1.54) is 0 Å². The molecular weight excluding hydrogens is 248 g/mol. The predicted molar refractivity (Wildman–Crippen MR) is 65.2 cm³/mol. The largest absolute Gasteiger partial charge is 0.481 e. The maximum atomic E-state index is 10.9. The van der Waals surface area contributed by atoms with E-state index in [1.807, 2.05) is 6.07 Å². The molecule has 1 aliphatic rings. The minimum atomic E-state index is -0.723. The third kappa shape index (κ3) is 2.53. The molecule has 0 amide bonds. The molecule has 1 aliphatic heterocycles. The molecule has 0 aromatic carbocycles. The lowest BCUT2D eigenvalue weighted by molar-refractivity contribution is -0.141. The smallest absolute Gasteiger partial charge is 0.307 e. The second kappa shape index (κ2) is 4.89. The second-order valence-electron chi connectivity index (χ2n) is 4.72. The van der Waals surface area contributed by atoms with Crippen LogP contribution in [0.15, 0.2) is 33.4 Å². The van der Waals surface area contributed by atoms with Gasteiger partial charge in [-0.05, 0) is 25.1 Å². The van der Waals surface area contributed by atoms with E-state index in [2.05, 4.69) is 10.1 Å². The van der Waals surface area contributed by atoms with Gasteiger partial charge in [-0.1, -0.05) is 5.16 Å². The first kappa shape index (κ1) is 12.0. The Morgan fingerprint density at radius 1 is 1.53 bits per heavy atom. The van der Waals surface area contributed by atoms with Crippen LogP contribution in [-0.4, -0.2) is 34.2 Å². The number of rotatable bonds is 4. The lowest BCUT2D eigenvalue weighted by Crippen LogP contribution is -2.22. The average Bonchev–Trinajstić information content (AvgIpc) is 3.09. The van der Waals surface area contributed by atoms with Gasteiger partial charge in [0, 0.05) is 19.2 Å². The topological polar surface area (TPSA) is 79.7 Å². The Morgan fingerprint density at radius 2 is 2.42 bits per heavy atom. The Morgan fingerprint density at radius 3 is 3.11 bits per heavy atom. The molecule has 0 saturated carbocycles. The predicted octanol–water partition coefficient (Wildman–Crippen LogP) is 1.84. The Bertz CT molecular complexity index is 561. The van der Waals surface area contributed by atoms with Crippen LogP contribution >= 0.6 is 0 Å². The fourth-order valence-electron chi connectivity index (χ4n) is 2.33. The number of aromatic nitrogens is 1. The summed E-state index contributed by atoms with van der Waals surface area (Å²) in [6, 6.07) is 5.42. The average molecular weight is 262 g/mol. The lowest BCUT2D eigenvalue weighted by Gasteiger charge is -2.12. The van der Waals surface area contributed by atoms with Crippen molar-refractivity contribution in [3.8, 4) is 11.5 Å². The van der Waals surface area contributed by atoms with Crippen LogP contribution in [0.4, 0.5) is 0 Å². The molecule has 6 heteroatoms. The van der Waals surface area contributed by atoms with Gasteiger partial charge >= 0.3 is 5.97 Å². The third-order valence-corrected chi connectivity index (χ3v) is 3.33. The van der Waals surface area contributed by atoms with Crippen LogP contribution in [0.5, 0.6) is 0 Å². The maximum Gasteiger partial charge on any atom is 0.307 e. The van der Waals surface area contributed by atoms with E-state index < -0.39 is 5.97 Å². The summed E-state index contributed by atoms with van der Waals surface area (Å²) in [5.74, 6) is 0.243. The van der Waals surface area contributed by atoms with Crippen LogP contribution < -0.4 is 0 Å². The number of aliphatic carboxylic acids is 1. The van der Waals surface area contributed by atoms with Gasteiger partial charge < -0.3 is 14.0 Å². The molecule has 1 saturated heterocycles. The first-order valence-electron chi connectivity index (χ1n) is 6.17. The van der Waals surface area contributed by atoms with Crippen molar-refractivity contribution in [2.75, 3.05) is 13.1 Å². The van der Waals surface area contributed by atoms with Gasteiger partial charge in [0.2, 0.25) is 5.76 Å². The van der Waals surface area contributed by atoms with E-state index in [1.54, 1.807) is 18.4 Å². The Labute approximate surface area is 109 Å². The monoisotopic (exact) mass is 262 g/mol. The zero-order valence-corrected chi connectivity index (χ0v) is 10.3. The zero-order valence-electron chi connectivity index (χ0n) is 10.3. The van der Waals surface area contributed by atoms with E-state index in [0.29, 0.717) is 31.0 Å². The molecule has 1 atom stereocenters. The van der Waals surface area contributed by atoms with E-state index in [4.69, 9.17) is 14.0 Å². The summed E-state index contributed by atoms with van der Waals surface area (Å²) in [7, 11) is 0. The van der Waals surface area contributed by atoms with Crippen LogP contribution in [0.1, 0.15) is 12.1 Å². The SMILES string of the molecule is O=C(O)C1CCN(Cc2cc(-c3ccco3)on2)C1. The van der Waals surface area contributed by atoms with Gasteiger partial charge in [0.05, 0.1) is 17.9 Å². The molecule has 0 aliphatic carbocycles. The van der Waals surface area contributed by atoms with Crippen molar-refractivity contribution in [3.63, 3.8) is 0 Å². The minimum Gasteiger partial charge on any atom is -0.481 e. The molecule has 2 aromatic heterocycles. The van der Waals surface area contributed by atoms with Gasteiger partial charge in [0.25, 0.3) is 0 Å². The van der Waals surface area contributed by atoms with Gasteiger partial charge in [-0.3, -0.25) is 9.69 Å². The first-order valence-corrected chi connectivity index (χ1v) is 6.17. The zero-order chi connectivity index (χ0) is 13.2. The summed E-state index contributed by atoms with van der Waals surface area (Å²) in [6.45, 7) is 1.95. The highest BCUT2D eigenvalue weighted by Gasteiger charge is 2.28. The molecule has 3 rings (SSSR count). The molecule has 1 unspecified atom stereocenters. The van der Waals surface area contributed by atoms with Gasteiger partial charge in [-0.25, -0.2) is 0 Å². The molecule has 0 spiro atoms. The fourth-order valence-corrected chi connectivity index (χ4v) is 2.33. The number of hydrogen-bond donors (Lipinski definition) is 1. The molecule has 0 bridgehead atoms. The van der Waals surface area contributed by atoms with Gasteiger partial charge in [-0.2, -0.15) is 0 Å². The second-order valence-corrected chi connectivity index (χ2v) is 4.72. The Hall–Kier alpha value is -2.08. The Kier molecular flexibility index (Phi) is 3.08. The summed E-state index contributed by atoms with van der Waals surface area (Å²) in [5.41, 5.74) is 0.789. The van der Waals surface area contributed by atoms with E-state index >= 15 is 0 Å². The molecule has 100 valence electrons. The van der Waals surface area contributed by atoms with E-state index in [0.717, 1.165) is 12.2 Å². The van der Waals surface area contributed by atoms with Gasteiger partial charge in [0.1, 0.15) is 0 Å². The van der Waals surface area contributed by atoms with Crippen LogP contribution in [0.25, 0.3) is 11.5 Å². The van der Waals surface area contributed by atoms with Crippen molar-refractivity contribution in [3.05, 3.63) is 30.2 Å². The number of hydrogen-bond acceptors (Lipinski definition) is 5. The maximum absolute atomic E-state index is 10.9. The number of furan rings is 1. The highest BCUT2D eigenvalue weighted by Crippen LogP contribution is 2.23. The summed E-state index contributed by atoms with van der Waals surface area (Å²) in [4.78, 5) is 13.0. The highest BCUT2D eigenvalue weighted by atomic mass is 16.5. The molecule has 3 heterocycles. The molecular formula is C13H14N2O4. The van der Waals surface area contributed by atoms with Crippen molar-refractivity contribution >= 4 is 5.97 Å². The summed E-state index contributed by atoms with van der Waals surface area (Å²) < 4.78 is 10.4. The molecule has 0 radical (unpaired) electrons. The van der Waals surface area contributed by atoms with Crippen molar-refractivity contribution in [2.45, 2.75) is 13.0 Å². The third-order valence-electron chi connectivity index (χ3n) is 3.33. The summed E-state index contributed by atoms with van der Waals surface area (Å²) in [5, 5.41) is 12.9. The molecule has 2 aromatic rings. The first-order chi connectivity index (χ1) is 9.22. The normalized spacial score (nSPS) is 19.9.